The molecule has 0 spiro atoms. The van der Waals surface area contributed by atoms with Gasteiger partial charge in [-0.15, -0.1) is 0 Å². The van der Waals surface area contributed by atoms with Gasteiger partial charge in [-0.05, 0) is 6.08 Å². The number of ether oxygens (including phenoxy) is 2. The molecule has 1 aliphatic heterocycles. The summed E-state index contributed by atoms with van der Waals surface area (Å²) in [4.78, 5) is 0. The largest absolute Gasteiger partial charge is 0.498 e. The van der Waals surface area contributed by atoms with E-state index in [4.69, 9.17) is 9.47 Å². The quantitative estimate of drug-likeness (QED) is 0.319. The van der Waals surface area contributed by atoms with Gasteiger partial charge in [0.2, 0.25) is 0 Å². The average Bonchev–Trinajstić information content (AvgIpc) is 2.63. The maximum absolute atomic E-state index is 5.02. The molecule has 1 aliphatic rings. The zero-order chi connectivity index (χ0) is 6.53. The van der Waals surface area contributed by atoms with Crippen LogP contribution in [0.1, 0.15) is 0 Å². The summed E-state index contributed by atoms with van der Waals surface area (Å²) in [5.74, 6) is 0. The lowest BCUT2D eigenvalue weighted by molar-refractivity contribution is 0.212. The number of allylic oxidation sites excluding steroid dienone is 2. The Labute approximate surface area is 54.8 Å². The molecule has 1 atom stereocenters. The topological polar surface area (TPSA) is 21.8 Å². The fraction of sp³-hybridized carbons (Fsp3) is 0.429. The van der Waals surface area contributed by atoms with E-state index in [0.717, 1.165) is 6.61 Å². The summed E-state index contributed by atoms with van der Waals surface area (Å²) in [6.07, 6.45) is 5.39. The Morgan fingerprint density at radius 1 is 1.78 bits per heavy atom. The fourth-order valence-electron chi connectivity index (χ4n) is 0.438. The lowest BCUT2D eigenvalue weighted by Crippen LogP contribution is -1.94. The molecule has 0 saturated carbocycles. The van der Waals surface area contributed by atoms with Crippen LogP contribution in [0.15, 0.2) is 25.0 Å². The van der Waals surface area contributed by atoms with E-state index >= 15 is 0 Å². The minimum absolute atomic E-state index is 0.347. The minimum atomic E-state index is 0.347. The Bertz CT molecular complexity index is 114. The van der Waals surface area contributed by atoms with E-state index in [1.165, 1.54) is 0 Å². The van der Waals surface area contributed by atoms with Crippen molar-refractivity contribution in [2.75, 3.05) is 13.2 Å². The van der Waals surface area contributed by atoms with Crippen LogP contribution < -0.4 is 0 Å². The molecule has 0 aromatic heterocycles. The first-order valence-electron chi connectivity index (χ1n) is 2.94. The number of hydrogen-bond acceptors (Lipinski definition) is 2. The summed E-state index contributed by atoms with van der Waals surface area (Å²) in [6, 6.07) is 0. The molecule has 1 unspecified atom stereocenters. The van der Waals surface area contributed by atoms with E-state index in [-0.39, 0.29) is 0 Å². The van der Waals surface area contributed by atoms with Crippen molar-refractivity contribution in [3.05, 3.63) is 25.0 Å². The fourth-order valence-corrected chi connectivity index (χ4v) is 0.438. The van der Waals surface area contributed by atoms with Crippen LogP contribution in [0.4, 0.5) is 0 Å². The summed E-state index contributed by atoms with van der Waals surface area (Å²) in [7, 11) is 0. The van der Waals surface area contributed by atoms with Gasteiger partial charge in [0, 0.05) is 0 Å². The second kappa shape index (κ2) is 3.30. The highest BCUT2D eigenvalue weighted by molar-refractivity contribution is 4.93. The standard InChI is InChI=1S/C7H10O2/c1-2-3-4-8-5-7-6-9-7/h2-4,7H,1,5-6H2. The van der Waals surface area contributed by atoms with Gasteiger partial charge in [0.15, 0.2) is 0 Å². The predicted octanol–water partition coefficient (Wildman–Crippen LogP) is 1.10. The summed E-state index contributed by atoms with van der Waals surface area (Å²) in [5.41, 5.74) is 0. The van der Waals surface area contributed by atoms with Crippen molar-refractivity contribution >= 4 is 0 Å². The molecule has 0 bridgehead atoms. The van der Waals surface area contributed by atoms with Gasteiger partial charge in [0.25, 0.3) is 0 Å². The third kappa shape index (κ3) is 2.93. The zero-order valence-electron chi connectivity index (χ0n) is 5.25. The molecule has 0 aromatic carbocycles. The van der Waals surface area contributed by atoms with E-state index in [2.05, 4.69) is 6.58 Å². The third-order valence-electron chi connectivity index (χ3n) is 0.995. The van der Waals surface area contributed by atoms with Gasteiger partial charge in [0.05, 0.1) is 12.9 Å². The molecule has 9 heavy (non-hydrogen) atoms. The van der Waals surface area contributed by atoms with Crippen molar-refractivity contribution in [3.63, 3.8) is 0 Å². The highest BCUT2D eigenvalue weighted by Gasteiger charge is 2.22. The van der Waals surface area contributed by atoms with Crippen LogP contribution >= 0.6 is 0 Å². The van der Waals surface area contributed by atoms with Gasteiger partial charge in [0.1, 0.15) is 12.7 Å². The molecule has 0 N–H and O–H groups in total. The van der Waals surface area contributed by atoms with Crippen LogP contribution in [0, 0.1) is 0 Å². The van der Waals surface area contributed by atoms with Gasteiger partial charge in [-0.25, -0.2) is 0 Å². The van der Waals surface area contributed by atoms with Crippen molar-refractivity contribution in [1.82, 2.24) is 0 Å². The van der Waals surface area contributed by atoms with Crippen LogP contribution in [0.2, 0.25) is 0 Å². The van der Waals surface area contributed by atoms with Crippen LogP contribution in [0.3, 0.4) is 0 Å². The van der Waals surface area contributed by atoms with E-state index in [1.54, 1.807) is 18.4 Å². The molecule has 2 heteroatoms. The Hall–Kier alpha value is -0.760. The second-order valence-corrected chi connectivity index (χ2v) is 1.85. The molecule has 50 valence electrons. The maximum Gasteiger partial charge on any atom is 0.116 e. The molecule has 1 rings (SSSR count). The number of epoxide rings is 1. The van der Waals surface area contributed by atoms with Crippen molar-refractivity contribution in [1.29, 1.82) is 0 Å². The molecule has 2 nitrogen and oxygen atoms in total. The first-order chi connectivity index (χ1) is 4.43. The van der Waals surface area contributed by atoms with Crippen molar-refractivity contribution < 1.29 is 9.47 Å². The SMILES string of the molecule is C=CC=COCC1CO1. The lowest BCUT2D eigenvalue weighted by atomic mass is 10.5. The molecule has 1 heterocycles. The summed E-state index contributed by atoms with van der Waals surface area (Å²) >= 11 is 0. The smallest absolute Gasteiger partial charge is 0.116 e. The lowest BCUT2D eigenvalue weighted by Gasteiger charge is -1.92. The average molecular weight is 126 g/mol. The molecule has 0 aliphatic carbocycles. The normalized spacial score (nSPS) is 24.2. The monoisotopic (exact) mass is 126 g/mol. The molecular formula is C7H10O2. The predicted molar refractivity (Wildman–Crippen MR) is 35.0 cm³/mol. The molecule has 0 aromatic rings. The highest BCUT2D eigenvalue weighted by Crippen LogP contribution is 2.08. The molecule has 1 saturated heterocycles. The third-order valence-corrected chi connectivity index (χ3v) is 0.995. The van der Waals surface area contributed by atoms with Gasteiger partial charge in [-0.3, -0.25) is 0 Å². The molecule has 0 amide bonds. The summed E-state index contributed by atoms with van der Waals surface area (Å²) < 4.78 is 9.93. The van der Waals surface area contributed by atoms with Crippen molar-refractivity contribution in [2.24, 2.45) is 0 Å². The summed E-state index contributed by atoms with van der Waals surface area (Å²) in [5, 5.41) is 0. The van der Waals surface area contributed by atoms with E-state index < -0.39 is 0 Å². The van der Waals surface area contributed by atoms with Crippen molar-refractivity contribution in [2.45, 2.75) is 6.10 Å². The number of rotatable bonds is 4. The Kier molecular flexibility index (Phi) is 2.33. The second-order valence-electron chi connectivity index (χ2n) is 1.85. The van der Waals surface area contributed by atoms with Gasteiger partial charge >= 0.3 is 0 Å². The van der Waals surface area contributed by atoms with Gasteiger partial charge < -0.3 is 9.47 Å². The Morgan fingerprint density at radius 3 is 3.11 bits per heavy atom. The van der Waals surface area contributed by atoms with E-state index in [1.807, 2.05) is 0 Å². The van der Waals surface area contributed by atoms with Gasteiger partial charge in [-0.2, -0.15) is 0 Å². The zero-order valence-corrected chi connectivity index (χ0v) is 5.25. The highest BCUT2D eigenvalue weighted by atomic mass is 16.6. The summed E-state index contributed by atoms with van der Waals surface area (Å²) in [6.45, 7) is 5.02. The molecule has 0 radical (unpaired) electrons. The van der Waals surface area contributed by atoms with E-state index in [0.29, 0.717) is 12.7 Å². The Morgan fingerprint density at radius 2 is 2.56 bits per heavy atom. The van der Waals surface area contributed by atoms with Crippen molar-refractivity contribution in [3.8, 4) is 0 Å². The van der Waals surface area contributed by atoms with Crippen LogP contribution in [0.5, 0.6) is 0 Å². The first kappa shape index (κ1) is 6.36. The molecule has 1 fully saturated rings. The van der Waals surface area contributed by atoms with Crippen LogP contribution in [-0.4, -0.2) is 19.3 Å². The van der Waals surface area contributed by atoms with Crippen LogP contribution in [0.25, 0.3) is 0 Å². The van der Waals surface area contributed by atoms with E-state index in [9.17, 15) is 0 Å². The molecular weight excluding hydrogens is 116 g/mol. The number of hydrogen-bond donors (Lipinski definition) is 0. The van der Waals surface area contributed by atoms with Crippen LogP contribution in [-0.2, 0) is 9.47 Å². The Balaban J connectivity index is 1.91. The maximum atomic E-state index is 5.02. The van der Waals surface area contributed by atoms with Gasteiger partial charge in [-0.1, -0.05) is 12.7 Å². The minimum Gasteiger partial charge on any atom is -0.498 e. The first-order valence-corrected chi connectivity index (χ1v) is 2.94.